The van der Waals surface area contributed by atoms with Crippen molar-refractivity contribution in [1.82, 2.24) is 4.90 Å². The number of ether oxygens (including phenoxy) is 2. The molecule has 6 heteroatoms. The first-order valence-corrected chi connectivity index (χ1v) is 7.99. The Morgan fingerprint density at radius 2 is 2.00 bits per heavy atom. The Labute approximate surface area is 144 Å². The largest absolute Gasteiger partial charge is 0.493 e. The molecule has 1 saturated heterocycles. The van der Waals surface area contributed by atoms with Crippen LogP contribution in [0.4, 0.5) is 0 Å². The van der Waals surface area contributed by atoms with Gasteiger partial charge in [0.15, 0.2) is 11.5 Å². The minimum Gasteiger partial charge on any atom is -0.493 e. The van der Waals surface area contributed by atoms with E-state index in [1.807, 2.05) is 18.2 Å². The predicted octanol–water partition coefficient (Wildman–Crippen LogP) is 3.21. The summed E-state index contributed by atoms with van der Waals surface area (Å²) in [6.45, 7) is 4.90. The molecule has 1 aliphatic heterocycles. The van der Waals surface area contributed by atoms with E-state index in [4.69, 9.17) is 26.8 Å². The third-order valence-corrected chi connectivity index (χ3v) is 4.22. The molecule has 0 aromatic heterocycles. The molecule has 0 spiro atoms. The maximum Gasteiger partial charge on any atom is 0.162 e. The zero-order chi connectivity index (χ0) is 15.1. The zero-order valence-electron chi connectivity index (χ0n) is 13.1. The topological polar surface area (TPSA) is 47.7 Å². The summed E-state index contributed by atoms with van der Waals surface area (Å²) in [5, 5.41) is 0.669. The molecule has 0 amide bonds. The number of nitrogens with zero attached hydrogens (tertiary/aromatic N) is 1. The molecule has 1 aromatic carbocycles. The lowest BCUT2D eigenvalue weighted by Gasteiger charge is -2.31. The summed E-state index contributed by atoms with van der Waals surface area (Å²) in [4.78, 5) is 2.49. The monoisotopic (exact) mass is 348 g/mol. The summed E-state index contributed by atoms with van der Waals surface area (Å²) in [5.41, 5.74) is 5.56. The van der Waals surface area contributed by atoms with E-state index in [2.05, 4.69) is 4.90 Å². The van der Waals surface area contributed by atoms with Crippen molar-refractivity contribution >= 4 is 24.0 Å². The van der Waals surface area contributed by atoms with Gasteiger partial charge in [-0.2, -0.15) is 0 Å². The van der Waals surface area contributed by atoms with Gasteiger partial charge in [-0.25, -0.2) is 0 Å². The van der Waals surface area contributed by atoms with Gasteiger partial charge in [-0.3, -0.25) is 0 Å². The van der Waals surface area contributed by atoms with Crippen molar-refractivity contribution < 1.29 is 9.47 Å². The van der Waals surface area contributed by atoms with E-state index >= 15 is 0 Å². The van der Waals surface area contributed by atoms with E-state index in [-0.39, 0.29) is 12.4 Å². The molecule has 0 aliphatic carbocycles. The van der Waals surface area contributed by atoms with Crippen LogP contribution in [0, 0.1) is 5.92 Å². The zero-order valence-corrected chi connectivity index (χ0v) is 14.7. The van der Waals surface area contributed by atoms with Gasteiger partial charge in [0.25, 0.3) is 0 Å². The number of benzene rings is 1. The number of halogens is 2. The number of nitrogens with two attached hydrogens (primary N) is 1. The van der Waals surface area contributed by atoms with Crippen LogP contribution < -0.4 is 15.2 Å². The normalized spacial score (nSPS) is 16.1. The van der Waals surface area contributed by atoms with Gasteiger partial charge in [-0.05, 0) is 63.5 Å². The van der Waals surface area contributed by atoms with Gasteiger partial charge in [-0.15, -0.1) is 12.4 Å². The minimum atomic E-state index is 0. The first-order chi connectivity index (χ1) is 10.2. The Kier molecular flexibility index (Phi) is 8.95. The highest BCUT2D eigenvalue weighted by atomic mass is 35.5. The van der Waals surface area contributed by atoms with E-state index in [1.54, 1.807) is 7.11 Å². The summed E-state index contributed by atoms with van der Waals surface area (Å²) in [5.74, 6) is 2.07. The van der Waals surface area contributed by atoms with E-state index in [9.17, 15) is 0 Å². The second-order valence-electron chi connectivity index (χ2n) is 5.53. The molecule has 1 aliphatic rings. The van der Waals surface area contributed by atoms with Crippen LogP contribution in [-0.2, 0) is 0 Å². The lowest BCUT2D eigenvalue weighted by atomic mass is 9.97. The first kappa shape index (κ1) is 19.4. The summed E-state index contributed by atoms with van der Waals surface area (Å²) in [6, 6.07) is 5.47. The van der Waals surface area contributed by atoms with Gasteiger partial charge < -0.3 is 20.1 Å². The number of likely N-dealkylation sites (tertiary alicyclic amines) is 1. The Bertz CT molecular complexity index is 438. The van der Waals surface area contributed by atoms with Crippen molar-refractivity contribution in [3.8, 4) is 11.5 Å². The van der Waals surface area contributed by atoms with Crippen LogP contribution in [0.2, 0.25) is 5.02 Å². The summed E-state index contributed by atoms with van der Waals surface area (Å²) in [6.07, 6.45) is 3.43. The van der Waals surface area contributed by atoms with Crippen LogP contribution in [0.5, 0.6) is 11.5 Å². The second-order valence-corrected chi connectivity index (χ2v) is 5.97. The maximum absolute atomic E-state index is 6.01. The lowest BCUT2D eigenvalue weighted by Crippen LogP contribution is -2.36. The number of hydrogen-bond acceptors (Lipinski definition) is 4. The third kappa shape index (κ3) is 5.84. The Balaban J connectivity index is 0.00000242. The summed E-state index contributed by atoms with van der Waals surface area (Å²) >= 11 is 6.01. The SMILES string of the molecule is COc1ccc(Cl)cc1OCC1CCN(CCCN)CC1.Cl. The van der Waals surface area contributed by atoms with Crippen LogP contribution in [0.3, 0.4) is 0 Å². The number of rotatable bonds is 7. The maximum atomic E-state index is 6.01. The fourth-order valence-corrected chi connectivity index (χ4v) is 2.82. The van der Waals surface area contributed by atoms with Crippen molar-refractivity contribution in [3.05, 3.63) is 23.2 Å². The van der Waals surface area contributed by atoms with Crippen molar-refractivity contribution in [1.29, 1.82) is 0 Å². The highest BCUT2D eigenvalue weighted by Gasteiger charge is 2.19. The summed E-state index contributed by atoms with van der Waals surface area (Å²) < 4.78 is 11.2. The fraction of sp³-hybridized carbons (Fsp3) is 0.625. The molecule has 0 bridgehead atoms. The molecule has 0 unspecified atom stereocenters. The van der Waals surface area contributed by atoms with Crippen LogP contribution in [0.1, 0.15) is 19.3 Å². The molecule has 0 radical (unpaired) electrons. The molecule has 2 rings (SSSR count). The Hall–Kier alpha value is -0.680. The lowest BCUT2D eigenvalue weighted by molar-refractivity contribution is 0.139. The third-order valence-electron chi connectivity index (χ3n) is 3.99. The van der Waals surface area contributed by atoms with Gasteiger partial charge >= 0.3 is 0 Å². The highest BCUT2D eigenvalue weighted by Crippen LogP contribution is 2.31. The van der Waals surface area contributed by atoms with Gasteiger partial charge in [0.2, 0.25) is 0 Å². The number of hydrogen-bond donors (Lipinski definition) is 1. The first-order valence-electron chi connectivity index (χ1n) is 7.61. The van der Waals surface area contributed by atoms with Crippen LogP contribution in [0.15, 0.2) is 18.2 Å². The minimum absolute atomic E-state index is 0. The number of piperidine rings is 1. The van der Waals surface area contributed by atoms with E-state index in [1.165, 1.54) is 12.8 Å². The molecule has 1 aromatic rings. The Morgan fingerprint density at radius 3 is 2.64 bits per heavy atom. The number of methoxy groups -OCH3 is 1. The van der Waals surface area contributed by atoms with Crippen molar-refractivity contribution in [2.24, 2.45) is 11.7 Å². The van der Waals surface area contributed by atoms with Crippen LogP contribution >= 0.6 is 24.0 Å². The molecule has 126 valence electrons. The molecule has 22 heavy (non-hydrogen) atoms. The smallest absolute Gasteiger partial charge is 0.162 e. The highest BCUT2D eigenvalue weighted by molar-refractivity contribution is 6.30. The predicted molar refractivity (Wildman–Crippen MR) is 93.6 cm³/mol. The Morgan fingerprint density at radius 1 is 1.27 bits per heavy atom. The van der Waals surface area contributed by atoms with E-state index < -0.39 is 0 Å². The van der Waals surface area contributed by atoms with Gasteiger partial charge in [0, 0.05) is 11.1 Å². The molecular weight excluding hydrogens is 323 g/mol. The van der Waals surface area contributed by atoms with Gasteiger partial charge in [-0.1, -0.05) is 11.6 Å². The average molecular weight is 349 g/mol. The van der Waals surface area contributed by atoms with E-state index in [0.29, 0.717) is 10.9 Å². The van der Waals surface area contributed by atoms with Gasteiger partial charge in [0.05, 0.1) is 13.7 Å². The van der Waals surface area contributed by atoms with Crippen molar-refractivity contribution in [2.75, 3.05) is 39.9 Å². The molecule has 0 saturated carbocycles. The second kappa shape index (κ2) is 10.2. The molecule has 1 fully saturated rings. The van der Waals surface area contributed by atoms with Crippen molar-refractivity contribution in [3.63, 3.8) is 0 Å². The molecule has 2 N–H and O–H groups in total. The molecule has 0 atom stereocenters. The molecule has 1 heterocycles. The average Bonchev–Trinajstić information content (AvgIpc) is 2.52. The van der Waals surface area contributed by atoms with Gasteiger partial charge in [0.1, 0.15) is 0 Å². The summed E-state index contributed by atoms with van der Waals surface area (Å²) in [7, 11) is 1.64. The standard InChI is InChI=1S/C16H25ClN2O2.ClH/c1-20-15-4-3-14(17)11-16(15)21-12-13-5-9-19(10-6-13)8-2-7-18;/h3-4,11,13H,2,5-10,12,18H2,1H3;1H. The fourth-order valence-electron chi connectivity index (χ4n) is 2.66. The van der Waals surface area contributed by atoms with E-state index in [0.717, 1.165) is 50.7 Å². The molecule has 4 nitrogen and oxygen atoms in total. The molecular formula is C16H26Cl2N2O2. The van der Waals surface area contributed by atoms with Crippen LogP contribution in [-0.4, -0.2) is 44.8 Å². The van der Waals surface area contributed by atoms with Crippen molar-refractivity contribution in [2.45, 2.75) is 19.3 Å². The quantitative estimate of drug-likeness (QED) is 0.821. The van der Waals surface area contributed by atoms with Crippen LogP contribution in [0.25, 0.3) is 0 Å².